The van der Waals surface area contributed by atoms with Gasteiger partial charge < -0.3 is 10.4 Å². The lowest BCUT2D eigenvalue weighted by Crippen LogP contribution is -2.13. The number of pyridine rings is 1. The van der Waals surface area contributed by atoms with Gasteiger partial charge in [-0.1, -0.05) is 11.6 Å². The number of aromatic hydroxyl groups is 1. The number of aryl methyl sites for hydroxylation is 3. The van der Waals surface area contributed by atoms with Crippen molar-refractivity contribution in [3.05, 3.63) is 51.8 Å². The molecule has 1 heterocycles. The third kappa shape index (κ3) is 3.08. The van der Waals surface area contributed by atoms with Crippen LogP contribution in [0.4, 0.5) is 5.69 Å². The fourth-order valence-corrected chi connectivity index (χ4v) is 2.14. The van der Waals surface area contributed by atoms with E-state index >= 15 is 0 Å². The molecule has 0 aliphatic carbocycles. The van der Waals surface area contributed by atoms with Crippen LogP contribution in [0.5, 0.6) is 5.75 Å². The highest BCUT2D eigenvalue weighted by Gasteiger charge is 2.11. The predicted octanol–water partition coefficient (Wildman–Crippen LogP) is 3.62. The molecule has 1 aromatic carbocycles. The van der Waals surface area contributed by atoms with Gasteiger partial charge in [-0.05, 0) is 56.2 Å². The second-order valence-corrected chi connectivity index (χ2v) is 5.11. The van der Waals surface area contributed by atoms with Crippen LogP contribution in [0, 0.1) is 20.8 Å². The summed E-state index contributed by atoms with van der Waals surface area (Å²) in [6.07, 6.45) is 0. The molecule has 0 saturated carbocycles. The lowest BCUT2D eigenvalue weighted by molar-refractivity contribution is 0.102. The number of benzene rings is 1. The predicted molar refractivity (Wildman–Crippen MR) is 79.5 cm³/mol. The Morgan fingerprint density at radius 3 is 2.50 bits per heavy atom. The molecule has 0 spiro atoms. The van der Waals surface area contributed by atoms with Gasteiger partial charge >= 0.3 is 0 Å². The van der Waals surface area contributed by atoms with Crippen LogP contribution in [0.2, 0.25) is 5.15 Å². The van der Waals surface area contributed by atoms with Gasteiger partial charge in [-0.15, -0.1) is 0 Å². The number of halogens is 1. The maximum Gasteiger partial charge on any atom is 0.255 e. The van der Waals surface area contributed by atoms with Crippen LogP contribution < -0.4 is 5.32 Å². The number of rotatable bonds is 2. The van der Waals surface area contributed by atoms with E-state index in [9.17, 15) is 9.90 Å². The molecule has 0 atom stereocenters. The van der Waals surface area contributed by atoms with Crippen molar-refractivity contribution < 1.29 is 9.90 Å². The van der Waals surface area contributed by atoms with Gasteiger partial charge in [0.2, 0.25) is 0 Å². The molecule has 20 heavy (non-hydrogen) atoms. The molecule has 0 bridgehead atoms. The van der Waals surface area contributed by atoms with E-state index < -0.39 is 0 Å². The molecule has 0 unspecified atom stereocenters. The number of nitrogens with zero attached hydrogens (tertiary/aromatic N) is 1. The smallest absolute Gasteiger partial charge is 0.255 e. The largest absolute Gasteiger partial charge is 0.508 e. The van der Waals surface area contributed by atoms with Crippen LogP contribution in [-0.2, 0) is 0 Å². The Bertz CT molecular complexity index is 664. The summed E-state index contributed by atoms with van der Waals surface area (Å²) in [4.78, 5) is 16.2. The Labute approximate surface area is 122 Å². The average molecular weight is 291 g/mol. The molecule has 0 fully saturated rings. The van der Waals surface area contributed by atoms with Crippen LogP contribution >= 0.6 is 11.6 Å². The van der Waals surface area contributed by atoms with E-state index in [0.717, 1.165) is 5.56 Å². The molecule has 5 heteroatoms. The number of phenolic OH excluding ortho intramolecular Hbond substituents is 1. The zero-order chi connectivity index (χ0) is 14.9. The van der Waals surface area contributed by atoms with Crippen molar-refractivity contribution in [2.24, 2.45) is 0 Å². The lowest BCUT2D eigenvalue weighted by atomic mass is 10.1. The van der Waals surface area contributed by atoms with Gasteiger partial charge in [0.1, 0.15) is 10.9 Å². The first-order valence-corrected chi connectivity index (χ1v) is 6.50. The van der Waals surface area contributed by atoms with Gasteiger partial charge in [0, 0.05) is 16.9 Å². The second kappa shape index (κ2) is 5.51. The Morgan fingerprint density at radius 2 is 1.85 bits per heavy atom. The fourth-order valence-electron chi connectivity index (χ4n) is 1.89. The first-order valence-electron chi connectivity index (χ1n) is 6.12. The minimum absolute atomic E-state index is 0.211. The number of carbonyl (C=O) groups is 1. The molecule has 0 aliphatic heterocycles. The normalized spacial score (nSPS) is 10.4. The van der Waals surface area contributed by atoms with E-state index in [1.807, 2.05) is 6.92 Å². The van der Waals surface area contributed by atoms with Crippen molar-refractivity contribution in [1.29, 1.82) is 0 Å². The zero-order valence-electron chi connectivity index (χ0n) is 11.5. The van der Waals surface area contributed by atoms with Crippen LogP contribution in [-0.4, -0.2) is 16.0 Å². The maximum absolute atomic E-state index is 12.2. The van der Waals surface area contributed by atoms with Crippen LogP contribution in [0.25, 0.3) is 0 Å². The fraction of sp³-hybridized carbons (Fsp3) is 0.200. The highest BCUT2D eigenvalue weighted by molar-refractivity contribution is 6.29. The molecule has 4 nitrogen and oxygen atoms in total. The van der Waals surface area contributed by atoms with E-state index in [-0.39, 0.29) is 16.8 Å². The third-order valence-corrected chi connectivity index (χ3v) is 3.17. The Kier molecular flexibility index (Phi) is 3.95. The third-order valence-electron chi connectivity index (χ3n) is 2.98. The summed E-state index contributed by atoms with van der Waals surface area (Å²) < 4.78 is 0. The van der Waals surface area contributed by atoms with Crippen LogP contribution in [0.15, 0.2) is 24.3 Å². The van der Waals surface area contributed by atoms with Crippen molar-refractivity contribution in [3.8, 4) is 5.75 Å². The molecule has 104 valence electrons. The molecular formula is C15H15ClN2O2. The molecule has 2 rings (SSSR count). The number of anilines is 1. The summed E-state index contributed by atoms with van der Waals surface area (Å²) in [7, 11) is 0. The molecule has 0 saturated heterocycles. The van der Waals surface area contributed by atoms with E-state index in [0.29, 0.717) is 22.5 Å². The minimum Gasteiger partial charge on any atom is -0.508 e. The number of phenols is 1. The second-order valence-electron chi connectivity index (χ2n) is 4.73. The molecule has 1 aromatic heterocycles. The van der Waals surface area contributed by atoms with Crippen molar-refractivity contribution >= 4 is 23.2 Å². The Hall–Kier alpha value is -2.07. The molecule has 2 N–H and O–H groups in total. The van der Waals surface area contributed by atoms with Crippen LogP contribution in [0.1, 0.15) is 27.2 Å². The summed E-state index contributed by atoms with van der Waals surface area (Å²) in [5.74, 6) is -0.0473. The average Bonchev–Trinajstić information content (AvgIpc) is 2.34. The number of amides is 1. The van der Waals surface area contributed by atoms with Crippen molar-refractivity contribution in [1.82, 2.24) is 4.98 Å². The molecule has 1 amide bonds. The standard InChI is InChI=1S/C15H15ClN2O2/c1-8-5-13(19)9(2)4-12(8)18-15(20)11-6-10(3)17-14(16)7-11/h4-7,19H,1-3H3,(H,18,20). The Morgan fingerprint density at radius 1 is 1.15 bits per heavy atom. The van der Waals surface area contributed by atoms with Gasteiger partial charge in [-0.25, -0.2) is 4.98 Å². The number of nitrogens with one attached hydrogen (secondary N) is 1. The van der Waals surface area contributed by atoms with E-state index in [1.165, 1.54) is 6.07 Å². The summed E-state index contributed by atoms with van der Waals surface area (Å²) in [5.41, 5.74) is 3.29. The van der Waals surface area contributed by atoms with Gasteiger partial charge in [-0.3, -0.25) is 4.79 Å². The summed E-state index contributed by atoms with van der Waals surface area (Å²) in [6, 6.07) is 6.55. The number of carbonyl (C=O) groups excluding carboxylic acids is 1. The van der Waals surface area contributed by atoms with Crippen LogP contribution in [0.3, 0.4) is 0 Å². The lowest BCUT2D eigenvalue weighted by Gasteiger charge is -2.11. The maximum atomic E-state index is 12.2. The topological polar surface area (TPSA) is 62.2 Å². The van der Waals surface area contributed by atoms with E-state index in [2.05, 4.69) is 10.3 Å². The summed E-state index contributed by atoms with van der Waals surface area (Å²) in [6.45, 7) is 5.37. The van der Waals surface area contributed by atoms with Gasteiger partial charge in [0.05, 0.1) is 0 Å². The van der Waals surface area contributed by atoms with Crippen molar-refractivity contribution in [3.63, 3.8) is 0 Å². The zero-order valence-corrected chi connectivity index (χ0v) is 12.2. The number of hydrogen-bond acceptors (Lipinski definition) is 3. The van der Waals surface area contributed by atoms with Gasteiger partial charge in [0.15, 0.2) is 0 Å². The van der Waals surface area contributed by atoms with Crippen molar-refractivity contribution in [2.45, 2.75) is 20.8 Å². The molecular weight excluding hydrogens is 276 g/mol. The summed E-state index contributed by atoms with van der Waals surface area (Å²) >= 11 is 5.85. The molecule has 0 aliphatic rings. The molecule has 0 radical (unpaired) electrons. The molecule has 2 aromatic rings. The first-order chi connectivity index (χ1) is 9.36. The number of aromatic nitrogens is 1. The van der Waals surface area contributed by atoms with E-state index in [4.69, 9.17) is 11.6 Å². The first kappa shape index (κ1) is 14.3. The highest BCUT2D eigenvalue weighted by Crippen LogP contribution is 2.25. The quantitative estimate of drug-likeness (QED) is 0.656. The van der Waals surface area contributed by atoms with Crippen molar-refractivity contribution in [2.75, 3.05) is 5.32 Å². The van der Waals surface area contributed by atoms with Gasteiger partial charge in [0.25, 0.3) is 5.91 Å². The minimum atomic E-state index is -0.259. The Balaban J connectivity index is 2.30. The highest BCUT2D eigenvalue weighted by atomic mass is 35.5. The number of hydrogen-bond donors (Lipinski definition) is 2. The van der Waals surface area contributed by atoms with Gasteiger partial charge in [-0.2, -0.15) is 0 Å². The SMILES string of the molecule is Cc1cc(C(=O)Nc2cc(C)c(O)cc2C)cc(Cl)n1. The van der Waals surface area contributed by atoms with E-state index in [1.54, 1.807) is 32.0 Å². The monoisotopic (exact) mass is 290 g/mol. The summed E-state index contributed by atoms with van der Waals surface area (Å²) in [5, 5.41) is 12.7.